The summed E-state index contributed by atoms with van der Waals surface area (Å²) in [5.41, 5.74) is 0.986. The van der Waals surface area contributed by atoms with Crippen LogP contribution in [0.5, 0.6) is 11.5 Å². The first-order valence-electron chi connectivity index (χ1n) is 6.57. The molecule has 0 saturated carbocycles. The second-order valence-electron chi connectivity index (χ2n) is 4.78. The van der Waals surface area contributed by atoms with Gasteiger partial charge in [0.2, 0.25) is 0 Å². The molecule has 2 aromatic rings. The molecule has 0 spiro atoms. The molecule has 1 aliphatic heterocycles. The number of aryl methyl sites for hydroxylation is 1. The fourth-order valence-corrected chi connectivity index (χ4v) is 2.26. The minimum absolute atomic E-state index is 0.286. The van der Waals surface area contributed by atoms with Gasteiger partial charge in [0, 0.05) is 0 Å². The van der Waals surface area contributed by atoms with E-state index in [0.717, 1.165) is 0 Å². The predicted molar refractivity (Wildman–Crippen MR) is 73.6 cm³/mol. The number of fused-ring (bicyclic) bond motifs is 1. The average molecular weight is 283 g/mol. The highest BCUT2D eigenvalue weighted by molar-refractivity contribution is 6.02. The van der Waals surface area contributed by atoms with Gasteiger partial charge < -0.3 is 13.9 Å². The van der Waals surface area contributed by atoms with E-state index in [-0.39, 0.29) is 5.78 Å². The van der Waals surface area contributed by atoms with Crippen LogP contribution in [0.25, 0.3) is 0 Å². The van der Waals surface area contributed by atoms with Crippen LogP contribution in [0.1, 0.15) is 27.6 Å². The number of benzene rings is 1. The lowest BCUT2D eigenvalue weighted by molar-refractivity contribution is 0.0978. The second-order valence-corrected chi connectivity index (χ2v) is 4.78. The maximum Gasteiger partial charge on any atom is 0.187 e. The number of carbonyl (C=O) groups excluding carboxylic acids is 1. The number of ketones is 1. The molecule has 21 heavy (non-hydrogen) atoms. The van der Waals surface area contributed by atoms with Gasteiger partial charge in [-0.15, -0.1) is 0 Å². The number of carbonyl (C=O) groups is 1. The first-order chi connectivity index (χ1) is 10.2. The van der Waals surface area contributed by atoms with Gasteiger partial charge in [-0.05, 0) is 30.7 Å². The SMILES string of the molecule is Cc1cc(C(=O)C(C#N)c2ccc3c(c2)OCCO3)co1. The van der Waals surface area contributed by atoms with E-state index in [1.807, 2.05) is 6.07 Å². The summed E-state index contributed by atoms with van der Waals surface area (Å²) in [5.74, 6) is 0.657. The molecule has 106 valence electrons. The molecule has 0 bridgehead atoms. The van der Waals surface area contributed by atoms with Gasteiger partial charge in [-0.3, -0.25) is 4.79 Å². The zero-order valence-corrected chi connectivity index (χ0v) is 11.5. The Bertz CT molecular complexity index is 726. The molecule has 1 aromatic carbocycles. The van der Waals surface area contributed by atoms with Gasteiger partial charge in [0.25, 0.3) is 0 Å². The quantitative estimate of drug-likeness (QED) is 0.810. The summed E-state index contributed by atoms with van der Waals surface area (Å²) in [7, 11) is 0. The van der Waals surface area contributed by atoms with Gasteiger partial charge in [-0.2, -0.15) is 5.26 Å². The van der Waals surface area contributed by atoms with Crippen LogP contribution in [0.4, 0.5) is 0 Å². The molecule has 1 atom stereocenters. The topological polar surface area (TPSA) is 72.5 Å². The molecule has 0 N–H and O–H groups in total. The van der Waals surface area contributed by atoms with Crippen molar-refractivity contribution >= 4 is 5.78 Å². The van der Waals surface area contributed by atoms with E-state index in [9.17, 15) is 10.1 Å². The summed E-state index contributed by atoms with van der Waals surface area (Å²) in [6.07, 6.45) is 1.38. The van der Waals surface area contributed by atoms with Crippen LogP contribution in [-0.2, 0) is 0 Å². The summed E-state index contributed by atoms with van der Waals surface area (Å²) in [5, 5.41) is 9.35. The number of hydrogen-bond donors (Lipinski definition) is 0. The number of hydrogen-bond acceptors (Lipinski definition) is 5. The number of ether oxygens (including phenoxy) is 2. The van der Waals surface area contributed by atoms with Crippen LogP contribution < -0.4 is 9.47 Å². The van der Waals surface area contributed by atoms with E-state index in [1.54, 1.807) is 31.2 Å². The van der Waals surface area contributed by atoms with Crippen molar-refractivity contribution in [3.63, 3.8) is 0 Å². The number of rotatable bonds is 3. The Hall–Kier alpha value is -2.74. The van der Waals surface area contributed by atoms with Crippen molar-refractivity contribution in [2.75, 3.05) is 13.2 Å². The lowest BCUT2D eigenvalue weighted by atomic mass is 9.92. The highest BCUT2D eigenvalue weighted by Gasteiger charge is 2.25. The fraction of sp³-hybridized carbons (Fsp3) is 0.250. The Morgan fingerprint density at radius 1 is 1.24 bits per heavy atom. The number of Topliss-reactive ketones (excluding diaryl/α,β-unsaturated/α-hetero) is 1. The van der Waals surface area contributed by atoms with Gasteiger partial charge in [-0.25, -0.2) is 0 Å². The van der Waals surface area contributed by atoms with Crippen molar-refractivity contribution in [2.24, 2.45) is 0 Å². The van der Waals surface area contributed by atoms with Crippen LogP contribution >= 0.6 is 0 Å². The van der Waals surface area contributed by atoms with E-state index >= 15 is 0 Å². The largest absolute Gasteiger partial charge is 0.486 e. The molecular weight excluding hydrogens is 270 g/mol. The molecule has 5 nitrogen and oxygen atoms in total. The number of furan rings is 1. The molecule has 1 aromatic heterocycles. The third kappa shape index (κ3) is 2.48. The Kier molecular flexibility index (Phi) is 3.36. The van der Waals surface area contributed by atoms with Crippen molar-refractivity contribution in [1.82, 2.24) is 0 Å². The van der Waals surface area contributed by atoms with Crippen molar-refractivity contribution in [3.05, 3.63) is 47.4 Å². The highest BCUT2D eigenvalue weighted by atomic mass is 16.6. The molecule has 0 aliphatic carbocycles. The number of nitriles is 1. The van der Waals surface area contributed by atoms with E-state index in [1.165, 1.54) is 6.26 Å². The molecule has 1 unspecified atom stereocenters. The Morgan fingerprint density at radius 3 is 2.67 bits per heavy atom. The Balaban J connectivity index is 1.93. The van der Waals surface area contributed by atoms with E-state index in [0.29, 0.717) is 41.6 Å². The predicted octanol–water partition coefficient (Wildman–Crippen LogP) is 2.85. The standard InChI is InChI=1S/C16H13NO4/c1-10-6-12(9-21-10)16(18)13(8-17)11-2-3-14-15(7-11)20-5-4-19-14/h2-3,6-7,9,13H,4-5H2,1H3. The maximum absolute atomic E-state index is 12.4. The molecule has 0 amide bonds. The lowest BCUT2D eigenvalue weighted by Crippen LogP contribution is -2.16. The van der Waals surface area contributed by atoms with Gasteiger partial charge in [0.15, 0.2) is 17.3 Å². The highest BCUT2D eigenvalue weighted by Crippen LogP contribution is 2.34. The molecule has 0 fully saturated rings. The third-order valence-corrected chi connectivity index (χ3v) is 3.31. The molecule has 0 saturated heterocycles. The van der Waals surface area contributed by atoms with Crippen LogP contribution in [0.2, 0.25) is 0 Å². The summed E-state index contributed by atoms with van der Waals surface area (Å²) < 4.78 is 16.0. The summed E-state index contributed by atoms with van der Waals surface area (Å²) in [6, 6.07) is 8.80. The zero-order chi connectivity index (χ0) is 14.8. The van der Waals surface area contributed by atoms with Crippen LogP contribution in [0.3, 0.4) is 0 Å². The van der Waals surface area contributed by atoms with Gasteiger partial charge in [0.1, 0.15) is 31.2 Å². The summed E-state index contributed by atoms with van der Waals surface area (Å²) in [4.78, 5) is 12.4. The smallest absolute Gasteiger partial charge is 0.187 e. The molecule has 5 heteroatoms. The van der Waals surface area contributed by atoms with Gasteiger partial charge in [0.05, 0.1) is 11.6 Å². The molecular formula is C16H13NO4. The van der Waals surface area contributed by atoms with Crippen LogP contribution in [0.15, 0.2) is 34.9 Å². The first-order valence-corrected chi connectivity index (χ1v) is 6.57. The average Bonchev–Trinajstić information content (AvgIpc) is 2.94. The Morgan fingerprint density at radius 2 is 2.00 bits per heavy atom. The van der Waals surface area contributed by atoms with Crippen LogP contribution in [0, 0.1) is 18.3 Å². The minimum atomic E-state index is -0.891. The van der Waals surface area contributed by atoms with Crippen molar-refractivity contribution < 1.29 is 18.7 Å². The summed E-state index contributed by atoms with van der Waals surface area (Å²) in [6.45, 7) is 2.71. The third-order valence-electron chi connectivity index (χ3n) is 3.31. The number of nitrogens with zero attached hydrogens (tertiary/aromatic N) is 1. The van der Waals surface area contributed by atoms with E-state index in [4.69, 9.17) is 13.9 Å². The van der Waals surface area contributed by atoms with Crippen molar-refractivity contribution in [2.45, 2.75) is 12.8 Å². The Labute approximate surface area is 121 Å². The van der Waals surface area contributed by atoms with Gasteiger partial charge in [-0.1, -0.05) is 6.07 Å². The van der Waals surface area contributed by atoms with E-state index < -0.39 is 5.92 Å². The molecule has 1 aliphatic rings. The van der Waals surface area contributed by atoms with Crippen molar-refractivity contribution in [1.29, 1.82) is 5.26 Å². The fourth-order valence-electron chi connectivity index (χ4n) is 2.26. The van der Waals surface area contributed by atoms with Crippen LogP contribution in [-0.4, -0.2) is 19.0 Å². The lowest BCUT2D eigenvalue weighted by Gasteiger charge is -2.19. The maximum atomic E-state index is 12.4. The minimum Gasteiger partial charge on any atom is -0.486 e. The monoisotopic (exact) mass is 283 g/mol. The molecule has 2 heterocycles. The molecule has 3 rings (SSSR count). The molecule has 0 radical (unpaired) electrons. The van der Waals surface area contributed by atoms with E-state index in [2.05, 4.69) is 0 Å². The zero-order valence-electron chi connectivity index (χ0n) is 11.5. The summed E-state index contributed by atoms with van der Waals surface area (Å²) >= 11 is 0. The normalized spacial score (nSPS) is 14.3. The second kappa shape index (κ2) is 5.33. The van der Waals surface area contributed by atoms with Gasteiger partial charge >= 0.3 is 0 Å². The first kappa shape index (κ1) is 13.3. The van der Waals surface area contributed by atoms with Crippen molar-refractivity contribution in [3.8, 4) is 17.6 Å².